The Hall–Kier alpha value is -2.55. The van der Waals surface area contributed by atoms with Crippen LogP contribution < -0.4 is 9.64 Å². The van der Waals surface area contributed by atoms with E-state index in [9.17, 15) is 13.2 Å². The zero-order valence-corrected chi connectivity index (χ0v) is 19.1. The maximum Gasteiger partial charge on any atom is 0.274 e. The number of amides is 1. The summed E-state index contributed by atoms with van der Waals surface area (Å²) in [4.78, 5) is 17.2. The van der Waals surface area contributed by atoms with Gasteiger partial charge in [0.2, 0.25) is 0 Å². The number of benzene rings is 1. The quantitative estimate of drug-likeness (QED) is 0.701. The van der Waals surface area contributed by atoms with Crippen LogP contribution in [-0.4, -0.2) is 73.8 Å². The molecule has 1 aromatic carbocycles. The van der Waals surface area contributed by atoms with Gasteiger partial charge in [0.25, 0.3) is 5.91 Å². The van der Waals surface area contributed by atoms with E-state index in [0.717, 1.165) is 17.1 Å². The number of piperazine rings is 1. The molecule has 2 aromatic rings. The molecule has 1 atom stereocenters. The standard InChI is InChI=1S/C22H30N4O4S/c1-16(2)20-14-18(23-26(20)17-8-13-31(28,29)15-17)22(27)25-11-9-24(10-12-25)19-6-4-5-7-21(19)30-3/h4-7,14,16-17H,8-13,15H2,1-3H3. The Morgan fingerprint density at radius 3 is 2.48 bits per heavy atom. The lowest BCUT2D eigenvalue weighted by atomic mass is 10.1. The summed E-state index contributed by atoms with van der Waals surface area (Å²) in [5.74, 6) is 1.16. The number of carbonyl (C=O) groups is 1. The van der Waals surface area contributed by atoms with Crippen molar-refractivity contribution in [3.05, 3.63) is 41.7 Å². The summed E-state index contributed by atoms with van der Waals surface area (Å²) in [6.45, 7) is 6.70. The van der Waals surface area contributed by atoms with Crippen molar-refractivity contribution in [1.82, 2.24) is 14.7 Å². The highest BCUT2D eigenvalue weighted by atomic mass is 32.2. The molecule has 31 heavy (non-hydrogen) atoms. The first-order valence-corrected chi connectivity index (χ1v) is 12.6. The van der Waals surface area contributed by atoms with Crippen LogP contribution in [0.15, 0.2) is 30.3 Å². The van der Waals surface area contributed by atoms with Crippen LogP contribution in [0.5, 0.6) is 5.75 Å². The topological polar surface area (TPSA) is 84.7 Å². The molecule has 9 heteroatoms. The molecule has 2 aliphatic rings. The molecule has 1 aromatic heterocycles. The molecular formula is C22H30N4O4S. The number of aromatic nitrogens is 2. The largest absolute Gasteiger partial charge is 0.495 e. The number of para-hydroxylation sites is 2. The van der Waals surface area contributed by atoms with E-state index in [-0.39, 0.29) is 29.4 Å². The Labute approximate surface area is 183 Å². The molecule has 0 N–H and O–H groups in total. The minimum Gasteiger partial charge on any atom is -0.495 e. The van der Waals surface area contributed by atoms with Gasteiger partial charge in [0.15, 0.2) is 15.5 Å². The van der Waals surface area contributed by atoms with Gasteiger partial charge in [-0.1, -0.05) is 26.0 Å². The van der Waals surface area contributed by atoms with E-state index in [1.807, 2.05) is 49.1 Å². The lowest BCUT2D eigenvalue weighted by Gasteiger charge is -2.36. The van der Waals surface area contributed by atoms with Gasteiger partial charge in [-0.05, 0) is 30.5 Å². The van der Waals surface area contributed by atoms with Gasteiger partial charge in [0.1, 0.15) is 5.75 Å². The molecule has 2 aliphatic heterocycles. The SMILES string of the molecule is COc1ccccc1N1CCN(C(=O)c2cc(C(C)C)n(C3CCS(=O)(=O)C3)n2)CC1. The highest BCUT2D eigenvalue weighted by Crippen LogP contribution is 2.30. The molecular weight excluding hydrogens is 416 g/mol. The van der Waals surface area contributed by atoms with Crippen molar-refractivity contribution in [2.24, 2.45) is 0 Å². The minimum absolute atomic E-state index is 0.0961. The molecule has 168 valence electrons. The van der Waals surface area contributed by atoms with Crippen LogP contribution in [0.4, 0.5) is 5.69 Å². The molecule has 1 unspecified atom stereocenters. The number of methoxy groups -OCH3 is 1. The van der Waals surface area contributed by atoms with Crippen molar-refractivity contribution in [3.8, 4) is 5.75 Å². The maximum absolute atomic E-state index is 13.2. The van der Waals surface area contributed by atoms with Gasteiger partial charge in [-0.15, -0.1) is 0 Å². The summed E-state index contributed by atoms with van der Waals surface area (Å²) in [7, 11) is -1.36. The van der Waals surface area contributed by atoms with Crippen LogP contribution in [-0.2, 0) is 9.84 Å². The molecule has 2 fully saturated rings. The average Bonchev–Trinajstić information content (AvgIpc) is 3.37. The third-order valence-corrected chi connectivity index (χ3v) is 7.87. The first-order chi connectivity index (χ1) is 14.8. The third-order valence-electron chi connectivity index (χ3n) is 6.12. The summed E-state index contributed by atoms with van der Waals surface area (Å²) in [6.07, 6.45) is 0.551. The highest BCUT2D eigenvalue weighted by Gasteiger charge is 2.33. The fraction of sp³-hybridized carbons (Fsp3) is 0.545. The number of anilines is 1. The van der Waals surface area contributed by atoms with Crippen molar-refractivity contribution in [3.63, 3.8) is 0 Å². The van der Waals surface area contributed by atoms with E-state index >= 15 is 0 Å². The Kier molecular flexibility index (Phi) is 5.96. The van der Waals surface area contributed by atoms with Gasteiger partial charge in [-0.3, -0.25) is 9.48 Å². The van der Waals surface area contributed by atoms with Crippen molar-refractivity contribution in [2.75, 3.05) is 49.7 Å². The summed E-state index contributed by atoms with van der Waals surface area (Å²) < 4.78 is 31.1. The molecule has 0 saturated carbocycles. The Morgan fingerprint density at radius 2 is 1.87 bits per heavy atom. The zero-order chi connectivity index (χ0) is 22.2. The fourth-order valence-corrected chi connectivity index (χ4v) is 6.10. The second-order valence-electron chi connectivity index (χ2n) is 8.56. The summed E-state index contributed by atoms with van der Waals surface area (Å²) in [5, 5.41) is 4.59. The number of sulfone groups is 1. The van der Waals surface area contributed by atoms with E-state index in [4.69, 9.17) is 4.74 Å². The number of carbonyl (C=O) groups excluding carboxylic acids is 1. The Bertz CT molecular complexity index is 1060. The van der Waals surface area contributed by atoms with Crippen molar-refractivity contribution < 1.29 is 17.9 Å². The Balaban J connectivity index is 1.48. The average molecular weight is 447 g/mol. The van der Waals surface area contributed by atoms with Gasteiger partial charge in [-0.2, -0.15) is 5.10 Å². The van der Waals surface area contributed by atoms with Crippen LogP contribution in [0.1, 0.15) is 48.4 Å². The van der Waals surface area contributed by atoms with Gasteiger partial charge in [0, 0.05) is 31.9 Å². The van der Waals surface area contributed by atoms with Crippen LogP contribution >= 0.6 is 0 Å². The van der Waals surface area contributed by atoms with Crippen LogP contribution in [0.3, 0.4) is 0 Å². The second-order valence-corrected chi connectivity index (χ2v) is 10.8. The zero-order valence-electron chi connectivity index (χ0n) is 18.3. The molecule has 2 saturated heterocycles. The van der Waals surface area contributed by atoms with E-state index in [0.29, 0.717) is 38.3 Å². The van der Waals surface area contributed by atoms with Crippen molar-refractivity contribution >= 4 is 21.4 Å². The number of rotatable bonds is 5. The monoisotopic (exact) mass is 446 g/mol. The second kappa shape index (κ2) is 8.53. The smallest absolute Gasteiger partial charge is 0.274 e. The third kappa shape index (κ3) is 4.42. The molecule has 8 nitrogen and oxygen atoms in total. The van der Waals surface area contributed by atoms with Crippen molar-refractivity contribution in [1.29, 1.82) is 0 Å². The molecule has 1 amide bonds. The molecule has 3 heterocycles. The van der Waals surface area contributed by atoms with E-state index in [2.05, 4.69) is 10.00 Å². The number of nitrogens with zero attached hydrogens (tertiary/aromatic N) is 4. The van der Waals surface area contributed by atoms with Crippen molar-refractivity contribution in [2.45, 2.75) is 32.2 Å². The van der Waals surface area contributed by atoms with E-state index in [1.54, 1.807) is 11.8 Å². The molecule has 0 bridgehead atoms. The van der Waals surface area contributed by atoms with Gasteiger partial charge < -0.3 is 14.5 Å². The molecule has 4 rings (SSSR count). The number of hydrogen-bond donors (Lipinski definition) is 0. The number of hydrogen-bond acceptors (Lipinski definition) is 6. The van der Waals surface area contributed by atoms with Crippen LogP contribution in [0.2, 0.25) is 0 Å². The first kappa shape index (κ1) is 21.7. The normalized spacial score (nSPS) is 21.0. The fourth-order valence-electron chi connectivity index (χ4n) is 4.41. The van der Waals surface area contributed by atoms with Gasteiger partial charge >= 0.3 is 0 Å². The summed E-state index contributed by atoms with van der Waals surface area (Å²) in [6, 6.07) is 9.55. The van der Waals surface area contributed by atoms with E-state index < -0.39 is 9.84 Å². The molecule has 0 spiro atoms. The van der Waals surface area contributed by atoms with Crippen LogP contribution in [0.25, 0.3) is 0 Å². The first-order valence-electron chi connectivity index (χ1n) is 10.8. The predicted octanol–water partition coefficient (Wildman–Crippen LogP) is 2.34. The maximum atomic E-state index is 13.2. The lowest BCUT2D eigenvalue weighted by Crippen LogP contribution is -2.49. The molecule has 0 aliphatic carbocycles. The number of ether oxygens (including phenoxy) is 1. The van der Waals surface area contributed by atoms with E-state index in [1.165, 1.54) is 0 Å². The van der Waals surface area contributed by atoms with Gasteiger partial charge in [-0.25, -0.2) is 8.42 Å². The van der Waals surface area contributed by atoms with Gasteiger partial charge in [0.05, 0.1) is 30.3 Å². The Morgan fingerprint density at radius 1 is 1.16 bits per heavy atom. The summed E-state index contributed by atoms with van der Waals surface area (Å²) in [5.41, 5.74) is 2.35. The summed E-state index contributed by atoms with van der Waals surface area (Å²) >= 11 is 0. The van der Waals surface area contributed by atoms with Crippen LogP contribution in [0, 0.1) is 0 Å². The minimum atomic E-state index is -3.03. The highest BCUT2D eigenvalue weighted by molar-refractivity contribution is 7.91. The molecule has 0 radical (unpaired) electrons. The predicted molar refractivity (Wildman–Crippen MR) is 120 cm³/mol. The lowest BCUT2D eigenvalue weighted by molar-refractivity contribution is 0.0739.